The van der Waals surface area contributed by atoms with E-state index in [1.54, 1.807) is 20.8 Å². The Bertz CT molecular complexity index is 1340. The number of hydrogen-bond acceptors (Lipinski definition) is 7. The van der Waals surface area contributed by atoms with E-state index in [4.69, 9.17) is 0 Å². The number of carbonyl (C=O) groups is 5. The number of piperidine rings is 1. The van der Waals surface area contributed by atoms with Gasteiger partial charge in [-0.2, -0.15) is 0 Å². The van der Waals surface area contributed by atoms with Crippen LogP contribution in [-0.4, -0.2) is 90.1 Å². The minimum atomic E-state index is -3.56. The van der Waals surface area contributed by atoms with Gasteiger partial charge in [0.2, 0.25) is 17.6 Å². The fraction of sp³-hybridized carbons (Fsp3) is 0.857. The molecule has 1 aliphatic heterocycles. The van der Waals surface area contributed by atoms with Gasteiger partial charge in [0.05, 0.1) is 22.1 Å². The van der Waals surface area contributed by atoms with E-state index in [1.807, 2.05) is 34.6 Å². The summed E-state index contributed by atoms with van der Waals surface area (Å²) in [4.78, 5) is 69.1. The molecule has 0 bridgehead atoms. The summed E-state index contributed by atoms with van der Waals surface area (Å²) in [6, 6.07) is -3.54. The molecule has 5 atom stereocenters. The average molecular weight is 696 g/mol. The van der Waals surface area contributed by atoms with Gasteiger partial charge in [0.25, 0.3) is 5.91 Å². The van der Waals surface area contributed by atoms with Crippen molar-refractivity contribution >= 4 is 39.4 Å². The van der Waals surface area contributed by atoms with Gasteiger partial charge in [0, 0.05) is 13.1 Å². The molecular weight excluding hydrogens is 634 g/mol. The molecular formula is C35H61N5O7S. The first-order valence-corrected chi connectivity index (χ1v) is 19.4. The Hall–Kier alpha value is -2.70. The molecule has 3 fully saturated rings. The molecule has 2 saturated carbocycles. The number of fused-ring (bicyclic) bond motifs is 1. The predicted octanol–water partition coefficient (Wildman–Crippen LogP) is 3.48. The number of hydrogen-bond donors (Lipinski definition) is 4. The number of nitrogens with zero attached hydrogens (tertiary/aromatic N) is 1. The fourth-order valence-corrected chi connectivity index (χ4v) is 8.97. The molecule has 3 rings (SSSR count). The topological polar surface area (TPSA) is 171 Å². The minimum absolute atomic E-state index is 0.0629. The first-order valence-electron chi connectivity index (χ1n) is 17.8. The summed E-state index contributed by atoms with van der Waals surface area (Å²) in [5, 5.41) is 11.3. The number of urea groups is 1. The second-order valence-corrected chi connectivity index (χ2v) is 19.7. The zero-order valence-corrected chi connectivity index (χ0v) is 31.7. The standard InChI is InChI=1S/C35H61N5O7S/c1-11-16-23(26(41)29(43)36-19-12-2)37-28(42)25-24-22(34(24,9)10)20-40(25)30(44)27(32(3,4)5)38-31(45)39-35(17-14-13-15-18-35)21-48(46,47)33(6,7)8/h22-25,27H,11-21H2,1-10H3,(H,36,43)(H,37,42)(H2,38,39,45)/t22?,23?,24?,25-,27+/m0/s1. The third-order valence-electron chi connectivity index (χ3n) is 10.7. The van der Waals surface area contributed by atoms with E-state index in [0.717, 1.165) is 19.3 Å². The molecule has 13 heteroatoms. The first kappa shape index (κ1) is 39.7. The first-order chi connectivity index (χ1) is 22.0. The van der Waals surface area contributed by atoms with Crippen LogP contribution in [0.4, 0.5) is 4.79 Å². The maximum absolute atomic E-state index is 14.4. The molecule has 5 amide bonds. The number of amides is 5. The highest BCUT2D eigenvalue weighted by atomic mass is 32.2. The number of carbonyl (C=O) groups excluding carboxylic acids is 5. The zero-order chi connectivity index (χ0) is 36.5. The van der Waals surface area contributed by atoms with Gasteiger partial charge in [0.15, 0.2) is 9.84 Å². The molecule has 12 nitrogen and oxygen atoms in total. The van der Waals surface area contributed by atoms with E-state index in [2.05, 4.69) is 35.1 Å². The summed E-state index contributed by atoms with van der Waals surface area (Å²) in [6.45, 7) is 19.0. The van der Waals surface area contributed by atoms with Crippen molar-refractivity contribution in [1.29, 1.82) is 0 Å². The largest absolute Gasteiger partial charge is 0.349 e. The van der Waals surface area contributed by atoms with Gasteiger partial charge in [-0.05, 0) is 69.1 Å². The van der Waals surface area contributed by atoms with Crippen LogP contribution in [0.3, 0.4) is 0 Å². The second-order valence-electron chi connectivity index (χ2n) is 17.0. The monoisotopic (exact) mass is 695 g/mol. The molecule has 0 aromatic carbocycles. The molecule has 1 saturated heterocycles. The number of nitrogens with one attached hydrogen (secondary N) is 4. The van der Waals surface area contributed by atoms with Gasteiger partial charge in [-0.15, -0.1) is 0 Å². The summed E-state index contributed by atoms with van der Waals surface area (Å²) in [7, 11) is -3.56. The van der Waals surface area contributed by atoms with Gasteiger partial charge in [0.1, 0.15) is 12.1 Å². The normalized spacial score (nSPS) is 24.5. The van der Waals surface area contributed by atoms with Gasteiger partial charge < -0.3 is 26.2 Å². The predicted molar refractivity (Wildman–Crippen MR) is 186 cm³/mol. The van der Waals surface area contributed by atoms with E-state index < -0.39 is 73.2 Å². The van der Waals surface area contributed by atoms with Gasteiger partial charge in [-0.3, -0.25) is 19.2 Å². The van der Waals surface area contributed by atoms with Crippen LogP contribution in [0.5, 0.6) is 0 Å². The quantitative estimate of drug-likeness (QED) is 0.214. The fourth-order valence-electron chi connectivity index (χ4n) is 7.45. The second kappa shape index (κ2) is 14.6. The summed E-state index contributed by atoms with van der Waals surface area (Å²) in [5.41, 5.74) is -1.91. The lowest BCUT2D eigenvalue weighted by atomic mass is 9.83. The van der Waals surface area contributed by atoms with E-state index in [1.165, 1.54) is 4.90 Å². The lowest BCUT2D eigenvalue weighted by Crippen LogP contribution is -2.64. The van der Waals surface area contributed by atoms with Crippen molar-refractivity contribution in [3.8, 4) is 0 Å². The van der Waals surface area contributed by atoms with E-state index in [9.17, 15) is 32.4 Å². The van der Waals surface area contributed by atoms with Crippen molar-refractivity contribution in [3.05, 3.63) is 0 Å². The summed E-state index contributed by atoms with van der Waals surface area (Å²) < 4.78 is 25.6. The van der Waals surface area contributed by atoms with Crippen LogP contribution in [0.2, 0.25) is 0 Å². The van der Waals surface area contributed by atoms with E-state index in [0.29, 0.717) is 38.8 Å². The highest BCUT2D eigenvalue weighted by molar-refractivity contribution is 7.92. The van der Waals surface area contributed by atoms with Gasteiger partial charge in [-0.1, -0.05) is 74.1 Å². The molecule has 1 heterocycles. The lowest BCUT2D eigenvalue weighted by molar-refractivity contribution is -0.145. The number of rotatable bonds is 13. The van der Waals surface area contributed by atoms with Crippen molar-refractivity contribution in [3.63, 3.8) is 0 Å². The van der Waals surface area contributed by atoms with Crippen LogP contribution in [0.15, 0.2) is 0 Å². The molecule has 0 radical (unpaired) electrons. The summed E-state index contributed by atoms with van der Waals surface area (Å²) >= 11 is 0. The Kier molecular flexibility index (Phi) is 12.1. The van der Waals surface area contributed by atoms with Crippen LogP contribution in [0.1, 0.15) is 121 Å². The molecule has 0 aromatic heterocycles. The number of likely N-dealkylation sites (tertiary alicyclic amines) is 1. The number of sulfone groups is 1. The molecule has 2 aliphatic carbocycles. The minimum Gasteiger partial charge on any atom is -0.349 e. The highest BCUT2D eigenvalue weighted by Gasteiger charge is 2.70. The van der Waals surface area contributed by atoms with Crippen molar-refractivity contribution in [2.45, 2.75) is 149 Å². The van der Waals surface area contributed by atoms with Gasteiger partial charge >= 0.3 is 6.03 Å². The van der Waals surface area contributed by atoms with Crippen LogP contribution in [0.25, 0.3) is 0 Å². The summed E-state index contributed by atoms with van der Waals surface area (Å²) in [5.74, 6) is -2.62. The van der Waals surface area contributed by atoms with Crippen LogP contribution in [0, 0.1) is 22.7 Å². The molecule has 0 spiro atoms. The number of Topliss-reactive ketones (excluding diaryl/α,β-unsaturated/α-hetero) is 1. The van der Waals surface area contributed by atoms with Crippen molar-refractivity contribution in [2.24, 2.45) is 22.7 Å². The lowest BCUT2D eigenvalue weighted by Gasteiger charge is -2.41. The molecule has 3 aliphatic rings. The maximum atomic E-state index is 14.4. The summed E-state index contributed by atoms with van der Waals surface area (Å²) in [6.07, 6.45) is 5.07. The molecule has 3 unspecified atom stereocenters. The Balaban J connectivity index is 1.85. The Morgan fingerprint density at radius 2 is 1.50 bits per heavy atom. The SMILES string of the molecule is CCCNC(=O)C(=O)C(CCC)NC(=O)[C@@H]1C2C(CN1C(=O)[C@@H](NC(=O)NC1(CS(=O)(=O)C(C)(C)C)CCCCC1)C(C)(C)C)C2(C)C. The van der Waals surface area contributed by atoms with Crippen molar-refractivity contribution in [2.75, 3.05) is 18.8 Å². The van der Waals surface area contributed by atoms with Gasteiger partial charge in [-0.25, -0.2) is 13.2 Å². The van der Waals surface area contributed by atoms with Crippen LogP contribution in [-0.2, 0) is 29.0 Å². The van der Waals surface area contributed by atoms with Crippen molar-refractivity contribution in [1.82, 2.24) is 26.2 Å². The zero-order valence-electron chi connectivity index (χ0n) is 30.9. The molecule has 0 aromatic rings. The molecule has 4 N–H and O–H groups in total. The Labute approximate surface area is 288 Å². The highest BCUT2D eigenvalue weighted by Crippen LogP contribution is 2.65. The third-order valence-corrected chi connectivity index (χ3v) is 13.5. The van der Waals surface area contributed by atoms with E-state index in [-0.39, 0.29) is 29.4 Å². The number of ketones is 1. The Morgan fingerprint density at radius 1 is 0.896 bits per heavy atom. The van der Waals surface area contributed by atoms with Crippen LogP contribution < -0.4 is 21.3 Å². The maximum Gasteiger partial charge on any atom is 0.315 e. The molecule has 274 valence electrons. The Morgan fingerprint density at radius 3 is 2.02 bits per heavy atom. The third kappa shape index (κ3) is 8.71. The average Bonchev–Trinajstić information content (AvgIpc) is 3.28. The van der Waals surface area contributed by atoms with Crippen molar-refractivity contribution < 1.29 is 32.4 Å². The smallest absolute Gasteiger partial charge is 0.315 e. The van der Waals surface area contributed by atoms with Crippen LogP contribution >= 0.6 is 0 Å². The molecule has 48 heavy (non-hydrogen) atoms. The van der Waals surface area contributed by atoms with E-state index >= 15 is 0 Å².